The normalized spacial score (nSPS) is 12.5. The molecule has 0 spiro atoms. The largest absolute Gasteiger partial charge is 0.374 e. The average Bonchev–Trinajstić information content (AvgIpc) is 2.81. The third kappa shape index (κ3) is 11.6. The summed E-state index contributed by atoms with van der Waals surface area (Å²) in [7, 11) is 0. The molecule has 0 aromatic heterocycles. The molecule has 2 nitrogen and oxygen atoms in total. The molecule has 32 heavy (non-hydrogen) atoms. The summed E-state index contributed by atoms with van der Waals surface area (Å²) in [6.07, 6.45) is 16.6. The molecule has 0 bridgehead atoms. The van der Waals surface area contributed by atoms with Crippen molar-refractivity contribution in [2.24, 2.45) is 4.99 Å². The van der Waals surface area contributed by atoms with Gasteiger partial charge in [0.15, 0.2) is 0 Å². The van der Waals surface area contributed by atoms with Crippen LogP contribution in [0.3, 0.4) is 0 Å². The van der Waals surface area contributed by atoms with E-state index in [0.717, 1.165) is 26.0 Å². The number of ether oxygens (including phenoxy) is 1. The number of hydrogen-bond acceptors (Lipinski definition) is 2. The van der Waals surface area contributed by atoms with E-state index in [1.807, 2.05) is 12.3 Å². The monoisotopic (exact) mass is 435 g/mol. The molecule has 2 rings (SSSR count). The van der Waals surface area contributed by atoms with Crippen molar-refractivity contribution in [1.29, 1.82) is 0 Å². The van der Waals surface area contributed by atoms with Crippen LogP contribution in [0.25, 0.3) is 0 Å². The maximum absolute atomic E-state index is 6.40. The number of aliphatic imine (C=N–C) groups is 1. The van der Waals surface area contributed by atoms with Crippen LogP contribution < -0.4 is 0 Å². The molecular weight excluding hydrogens is 390 g/mol. The summed E-state index contributed by atoms with van der Waals surface area (Å²) in [5, 5.41) is 0. The molecule has 2 heteroatoms. The van der Waals surface area contributed by atoms with Crippen molar-refractivity contribution >= 4 is 6.21 Å². The predicted molar refractivity (Wildman–Crippen MR) is 140 cm³/mol. The van der Waals surface area contributed by atoms with E-state index in [9.17, 15) is 0 Å². The molecule has 176 valence electrons. The van der Waals surface area contributed by atoms with E-state index in [0.29, 0.717) is 6.10 Å². The Kier molecular flexibility index (Phi) is 13.7. The maximum atomic E-state index is 6.40. The van der Waals surface area contributed by atoms with Crippen molar-refractivity contribution in [3.8, 4) is 0 Å². The van der Waals surface area contributed by atoms with Crippen LogP contribution in [0, 0.1) is 13.8 Å². The molecule has 0 heterocycles. The van der Waals surface area contributed by atoms with Gasteiger partial charge in [-0.25, -0.2) is 0 Å². The summed E-state index contributed by atoms with van der Waals surface area (Å²) < 4.78 is 6.40. The highest BCUT2D eigenvalue weighted by atomic mass is 16.5. The van der Waals surface area contributed by atoms with Crippen LogP contribution in [0.4, 0.5) is 0 Å². The van der Waals surface area contributed by atoms with Gasteiger partial charge in [0.2, 0.25) is 0 Å². The predicted octanol–water partition coefficient (Wildman–Crippen LogP) is 8.62. The highest BCUT2D eigenvalue weighted by Crippen LogP contribution is 2.18. The molecule has 0 aliphatic rings. The first kappa shape index (κ1) is 26.3. The molecule has 0 saturated heterocycles. The van der Waals surface area contributed by atoms with Gasteiger partial charge in [-0.15, -0.1) is 0 Å². The lowest BCUT2D eigenvalue weighted by Crippen LogP contribution is -2.14. The highest BCUT2D eigenvalue weighted by Gasteiger charge is 2.10. The third-order valence-electron chi connectivity index (χ3n) is 6.29. The summed E-state index contributed by atoms with van der Waals surface area (Å²) in [5.74, 6) is 0. The standard InChI is InChI=1S/C30H45NO/c1-4-5-6-7-8-9-10-14-18-30(32-25-29-21-20-26(2)27(3)23-29)19-15-22-31-24-28-16-12-11-13-17-28/h11-13,16-17,20-21,23-24,30H,4-10,14-15,18-19,22,25H2,1-3H3. The first-order chi connectivity index (χ1) is 15.7. The van der Waals surface area contributed by atoms with Crippen LogP contribution in [0.5, 0.6) is 0 Å². The molecule has 0 saturated carbocycles. The Hall–Kier alpha value is -1.93. The van der Waals surface area contributed by atoms with Crippen molar-refractivity contribution < 1.29 is 4.74 Å². The molecule has 2 aromatic carbocycles. The molecule has 0 amide bonds. The van der Waals surface area contributed by atoms with Crippen LogP contribution in [0.1, 0.15) is 99.8 Å². The average molecular weight is 436 g/mol. The summed E-state index contributed by atoms with van der Waals surface area (Å²) in [4.78, 5) is 4.62. The Bertz CT molecular complexity index is 753. The molecule has 0 aliphatic heterocycles. The number of nitrogens with zero attached hydrogens (tertiary/aromatic N) is 1. The molecule has 1 unspecified atom stereocenters. The molecule has 0 aliphatic carbocycles. The topological polar surface area (TPSA) is 21.6 Å². The maximum Gasteiger partial charge on any atom is 0.0720 e. The minimum atomic E-state index is 0.337. The Morgan fingerprint density at radius 1 is 0.781 bits per heavy atom. The number of aryl methyl sites for hydroxylation is 2. The zero-order valence-electron chi connectivity index (χ0n) is 20.8. The van der Waals surface area contributed by atoms with Crippen molar-refractivity contribution in [2.45, 2.75) is 104 Å². The minimum Gasteiger partial charge on any atom is -0.374 e. The van der Waals surface area contributed by atoms with Crippen LogP contribution in [-0.2, 0) is 11.3 Å². The van der Waals surface area contributed by atoms with E-state index in [4.69, 9.17) is 4.74 Å². The van der Waals surface area contributed by atoms with E-state index < -0.39 is 0 Å². The molecule has 2 aromatic rings. The minimum absolute atomic E-state index is 0.337. The number of unbranched alkanes of at least 4 members (excludes halogenated alkanes) is 7. The van der Waals surface area contributed by atoms with Crippen LogP contribution in [-0.4, -0.2) is 18.9 Å². The summed E-state index contributed by atoms with van der Waals surface area (Å²) >= 11 is 0. The molecular formula is C30H45NO. The van der Waals surface area contributed by atoms with Crippen molar-refractivity contribution in [2.75, 3.05) is 6.54 Å². The highest BCUT2D eigenvalue weighted by molar-refractivity contribution is 5.79. The van der Waals surface area contributed by atoms with E-state index in [1.165, 1.54) is 80.0 Å². The first-order valence-electron chi connectivity index (χ1n) is 12.9. The van der Waals surface area contributed by atoms with Gasteiger partial charge < -0.3 is 4.74 Å². The van der Waals surface area contributed by atoms with Gasteiger partial charge >= 0.3 is 0 Å². The van der Waals surface area contributed by atoms with E-state index in [1.54, 1.807) is 0 Å². The SMILES string of the molecule is CCCCCCCCCCC(CCCN=Cc1ccccc1)OCc1ccc(C)c(C)c1. The zero-order valence-corrected chi connectivity index (χ0v) is 20.8. The van der Waals surface area contributed by atoms with Gasteiger partial charge in [-0.2, -0.15) is 0 Å². The second-order valence-electron chi connectivity index (χ2n) is 9.20. The first-order valence-corrected chi connectivity index (χ1v) is 12.9. The smallest absolute Gasteiger partial charge is 0.0720 e. The van der Waals surface area contributed by atoms with Crippen LogP contribution in [0.2, 0.25) is 0 Å². The van der Waals surface area contributed by atoms with Gasteiger partial charge in [0.1, 0.15) is 0 Å². The third-order valence-corrected chi connectivity index (χ3v) is 6.29. The van der Waals surface area contributed by atoms with Gasteiger partial charge in [0.05, 0.1) is 12.7 Å². The van der Waals surface area contributed by atoms with Gasteiger partial charge in [-0.1, -0.05) is 107 Å². The van der Waals surface area contributed by atoms with Gasteiger partial charge in [-0.05, 0) is 55.4 Å². The Balaban J connectivity index is 1.73. The Labute approximate surface area is 197 Å². The van der Waals surface area contributed by atoms with Gasteiger partial charge in [-0.3, -0.25) is 4.99 Å². The number of rotatable bonds is 17. The van der Waals surface area contributed by atoms with E-state index in [-0.39, 0.29) is 0 Å². The molecule has 0 N–H and O–H groups in total. The fraction of sp³-hybridized carbons (Fsp3) is 0.567. The lowest BCUT2D eigenvalue weighted by molar-refractivity contribution is 0.0269. The lowest BCUT2D eigenvalue weighted by atomic mass is 10.0. The lowest BCUT2D eigenvalue weighted by Gasteiger charge is -2.18. The summed E-state index contributed by atoms with van der Waals surface area (Å²) in [6.45, 7) is 8.22. The van der Waals surface area contributed by atoms with Crippen molar-refractivity contribution in [3.05, 3.63) is 70.8 Å². The summed E-state index contributed by atoms with van der Waals surface area (Å²) in [6, 6.07) is 17.0. The number of hydrogen-bond donors (Lipinski definition) is 0. The molecule has 0 fully saturated rings. The fourth-order valence-corrected chi connectivity index (χ4v) is 4.04. The molecule has 1 atom stereocenters. The second-order valence-corrected chi connectivity index (χ2v) is 9.20. The van der Waals surface area contributed by atoms with E-state index in [2.05, 4.69) is 68.2 Å². The summed E-state index contributed by atoms with van der Waals surface area (Å²) in [5.41, 5.74) is 5.16. The molecule has 0 radical (unpaired) electrons. The second kappa shape index (κ2) is 16.7. The van der Waals surface area contributed by atoms with Gasteiger partial charge in [0, 0.05) is 12.8 Å². The quantitative estimate of drug-likeness (QED) is 0.180. The van der Waals surface area contributed by atoms with E-state index >= 15 is 0 Å². The Morgan fingerprint density at radius 2 is 1.47 bits per heavy atom. The van der Waals surface area contributed by atoms with Gasteiger partial charge in [0.25, 0.3) is 0 Å². The Morgan fingerprint density at radius 3 is 2.19 bits per heavy atom. The zero-order chi connectivity index (χ0) is 22.9. The number of benzene rings is 2. The fourth-order valence-electron chi connectivity index (χ4n) is 4.04. The van der Waals surface area contributed by atoms with Crippen LogP contribution >= 0.6 is 0 Å². The van der Waals surface area contributed by atoms with Crippen molar-refractivity contribution in [3.63, 3.8) is 0 Å². The van der Waals surface area contributed by atoms with Crippen molar-refractivity contribution in [1.82, 2.24) is 0 Å². The van der Waals surface area contributed by atoms with Crippen LogP contribution in [0.15, 0.2) is 53.5 Å².